The van der Waals surface area contributed by atoms with E-state index >= 15 is 0 Å². The Bertz CT molecular complexity index is 1150. The average molecular weight is 460 g/mol. The first-order valence-electron chi connectivity index (χ1n) is 10.7. The van der Waals surface area contributed by atoms with Gasteiger partial charge in [-0.05, 0) is 28.8 Å². The Morgan fingerprint density at radius 1 is 0.882 bits per heavy atom. The van der Waals surface area contributed by atoms with E-state index in [9.17, 15) is 19.5 Å². The molecule has 1 fully saturated rings. The molecule has 0 aromatic heterocycles. The molecule has 0 bridgehead atoms. The number of carbonyl (C=O) groups is 3. The van der Waals surface area contributed by atoms with E-state index in [-0.39, 0.29) is 6.61 Å². The normalized spacial score (nSPS) is 17.5. The number of amides is 2. The molecule has 1 aliphatic heterocycles. The number of aliphatic carboxylic acids is 1. The summed E-state index contributed by atoms with van der Waals surface area (Å²) in [5.41, 5.74) is 1.92. The molecular formula is C26H24N2O6. The summed E-state index contributed by atoms with van der Waals surface area (Å²) < 4.78 is 10.8. The van der Waals surface area contributed by atoms with Crippen molar-refractivity contribution in [2.24, 2.45) is 0 Å². The van der Waals surface area contributed by atoms with Gasteiger partial charge in [-0.2, -0.15) is 0 Å². The molecule has 1 aliphatic rings. The molecule has 174 valence electrons. The van der Waals surface area contributed by atoms with Crippen LogP contribution in [0.5, 0.6) is 5.75 Å². The number of carboxylic acid groups (broad SMARTS) is 1. The van der Waals surface area contributed by atoms with Crippen LogP contribution in [0.25, 0.3) is 0 Å². The molecule has 1 saturated heterocycles. The van der Waals surface area contributed by atoms with Gasteiger partial charge in [0.2, 0.25) is 0 Å². The molecule has 1 N–H and O–H groups in total. The van der Waals surface area contributed by atoms with E-state index in [0.29, 0.717) is 16.9 Å². The monoisotopic (exact) mass is 460 g/mol. The van der Waals surface area contributed by atoms with Crippen molar-refractivity contribution in [1.82, 2.24) is 9.80 Å². The molecule has 2 atom stereocenters. The van der Waals surface area contributed by atoms with Gasteiger partial charge < -0.3 is 19.5 Å². The second-order valence-electron chi connectivity index (χ2n) is 7.77. The van der Waals surface area contributed by atoms with Gasteiger partial charge in [0.15, 0.2) is 0 Å². The Morgan fingerprint density at radius 2 is 1.50 bits per heavy atom. The number of methoxy groups -OCH3 is 1. The second kappa shape index (κ2) is 10.1. The smallest absolute Gasteiger partial charge is 0.413 e. The van der Waals surface area contributed by atoms with Gasteiger partial charge in [0.1, 0.15) is 31.1 Å². The predicted molar refractivity (Wildman–Crippen MR) is 123 cm³/mol. The summed E-state index contributed by atoms with van der Waals surface area (Å²) >= 11 is 0. The van der Waals surface area contributed by atoms with E-state index in [2.05, 4.69) is 0 Å². The first kappa shape index (κ1) is 22.8. The Balaban J connectivity index is 1.75. The topological polar surface area (TPSA) is 96.4 Å². The van der Waals surface area contributed by atoms with Crippen LogP contribution < -0.4 is 4.74 Å². The predicted octanol–water partition coefficient (Wildman–Crippen LogP) is 4.00. The second-order valence-corrected chi connectivity index (χ2v) is 7.77. The molecule has 0 radical (unpaired) electrons. The Kier molecular flexibility index (Phi) is 6.77. The standard InChI is InChI=1S/C26H24N2O6/c1-33-21-14-12-20(13-15-21)24-27(16-22(29)30)25(31)23(19-10-6-3-7-11-19)28(24)26(32)34-17-18-8-4-2-5-9-18/h2-15,23-24H,16-17H2,1H3,(H,29,30)/t23-,24-/m0/s1. The number of rotatable bonds is 7. The highest BCUT2D eigenvalue weighted by Crippen LogP contribution is 2.42. The number of nitrogens with zero attached hydrogens (tertiary/aromatic N) is 2. The summed E-state index contributed by atoms with van der Waals surface area (Å²) in [5.74, 6) is -1.08. The van der Waals surface area contributed by atoms with Crippen LogP contribution in [-0.4, -0.2) is 46.5 Å². The van der Waals surface area contributed by atoms with Crippen molar-refractivity contribution in [3.63, 3.8) is 0 Å². The molecule has 1 heterocycles. The lowest BCUT2D eigenvalue weighted by molar-refractivity contribution is -0.144. The third-order valence-corrected chi connectivity index (χ3v) is 5.60. The number of hydrogen-bond donors (Lipinski definition) is 1. The minimum Gasteiger partial charge on any atom is -0.497 e. The van der Waals surface area contributed by atoms with Crippen molar-refractivity contribution in [2.45, 2.75) is 18.8 Å². The lowest BCUT2D eigenvalue weighted by Gasteiger charge is -2.30. The molecule has 0 aliphatic carbocycles. The fourth-order valence-electron chi connectivity index (χ4n) is 4.05. The van der Waals surface area contributed by atoms with Gasteiger partial charge >= 0.3 is 12.1 Å². The Morgan fingerprint density at radius 3 is 2.09 bits per heavy atom. The van der Waals surface area contributed by atoms with Gasteiger partial charge in [-0.25, -0.2) is 4.79 Å². The zero-order valence-electron chi connectivity index (χ0n) is 18.5. The van der Waals surface area contributed by atoms with Crippen LogP contribution >= 0.6 is 0 Å². The minimum absolute atomic E-state index is 0.0140. The molecule has 0 spiro atoms. The fourth-order valence-corrected chi connectivity index (χ4v) is 4.05. The van der Waals surface area contributed by atoms with E-state index < -0.39 is 36.7 Å². The number of benzene rings is 3. The van der Waals surface area contributed by atoms with Crippen LogP contribution in [0.15, 0.2) is 84.9 Å². The first-order chi connectivity index (χ1) is 16.5. The summed E-state index contributed by atoms with van der Waals surface area (Å²) in [5, 5.41) is 9.52. The number of carboxylic acids is 1. The van der Waals surface area contributed by atoms with Crippen LogP contribution in [0.2, 0.25) is 0 Å². The van der Waals surface area contributed by atoms with E-state index in [1.807, 2.05) is 30.3 Å². The maximum Gasteiger partial charge on any atom is 0.413 e. The fraction of sp³-hybridized carbons (Fsp3) is 0.192. The lowest BCUT2D eigenvalue weighted by atomic mass is 10.1. The molecule has 0 unspecified atom stereocenters. The third-order valence-electron chi connectivity index (χ3n) is 5.60. The highest BCUT2D eigenvalue weighted by molar-refractivity contribution is 5.92. The van der Waals surface area contributed by atoms with Crippen molar-refractivity contribution in [3.8, 4) is 5.75 Å². The van der Waals surface area contributed by atoms with Crippen molar-refractivity contribution < 1.29 is 29.0 Å². The van der Waals surface area contributed by atoms with Gasteiger partial charge in [0.25, 0.3) is 5.91 Å². The molecular weight excluding hydrogens is 436 g/mol. The van der Waals surface area contributed by atoms with Gasteiger partial charge in [-0.15, -0.1) is 0 Å². The molecule has 3 aromatic rings. The number of hydrogen-bond acceptors (Lipinski definition) is 5. The minimum atomic E-state index is -1.18. The highest BCUT2D eigenvalue weighted by Gasteiger charge is 2.51. The summed E-state index contributed by atoms with van der Waals surface area (Å²) in [7, 11) is 1.53. The Labute approximate surface area is 196 Å². The van der Waals surface area contributed by atoms with Gasteiger partial charge in [-0.3, -0.25) is 14.5 Å². The lowest BCUT2D eigenvalue weighted by Crippen LogP contribution is -2.38. The van der Waals surface area contributed by atoms with Crippen LogP contribution in [0.1, 0.15) is 28.9 Å². The maximum absolute atomic E-state index is 13.5. The molecule has 2 amide bonds. The van der Waals surface area contributed by atoms with Gasteiger partial charge in [0, 0.05) is 0 Å². The van der Waals surface area contributed by atoms with Crippen molar-refractivity contribution in [2.75, 3.05) is 13.7 Å². The van der Waals surface area contributed by atoms with Gasteiger partial charge in [-0.1, -0.05) is 72.8 Å². The van der Waals surface area contributed by atoms with E-state index in [0.717, 1.165) is 5.56 Å². The maximum atomic E-state index is 13.5. The van der Waals surface area contributed by atoms with Crippen molar-refractivity contribution in [1.29, 1.82) is 0 Å². The van der Waals surface area contributed by atoms with Gasteiger partial charge in [0.05, 0.1) is 7.11 Å². The van der Waals surface area contributed by atoms with Crippen LogP contribution in [-0.2, 0) is 20.9 Å². The third kappa shape index (κ3) is 4.71. The summed E-state index contributed by atoms with van der Waals surface area (Å²) in [6.07, 6.45) is -1.69. The molecule has 4 rings (SSSR count). The van der Waals surface area contributed by atoms with Crippen LogP contribution in [0, 0.1) is 0 Å². The van der Waals surface area contributed by atoms with E-state index in [4.69, 9.17) is 9.47 Å². The number of ether oxygens (including phenoxy) is 2. The quantitative estimate of drug-likeness (QED) is 0.573. The summed E-state index contributed by atoms with van der Waals surface area (Å²) in [4.78, 5) is 41.1. The van der Waals surface area contributed by atoms with Crippen LogP contribution in [0.4, 0.5) is 4.79 Å². The van der Waals surface area contributed by atoms with Crippen LogP contribution in [0.3, 0.4) is 0 Å². The first-order valence-corrected chi connectivity index (χ1v) is 10.7. The highest BCUT2D eigenvalue weighted by atomic mass is 16.6. The molecule has 34 heavy (non-hydrogen) atoms. The van der Waals surface area contributed by atoms with Crippen molar-refractivity contribution in [3.05, 3.63) is 102 Å². The van der Waals surface area contributed by atoms with Crippen molar-refractivity contribution >= 4 is 18.0 Å². The zero-order valence-corrected chi connectivity index (χ0v) is 18.5. The SMILES string of the molecule is COc1ccc([C@H]2N(CC(=O)O)C(=O)[C@H](c3ccccc3)N2C(=O)OCc2ccccc2)cc1. The number of carbonyl (C=O) groups excluding carboxylic acids is 2. The summed E-state index contributed by atoms with van der Waals surface area (Å²) in [6.45, 7) is -0.554. The molecule has 8 nitrogen and oxygen atoms in total. The zero-order chi connectivity index (χ0) is 24.1. The molecule has 0 saturated carbocycles. The largest absolute Gasteiger partial charge is 0.497 e. The summed E-state index contributed by atoms with van der Waals surface area (Å²) in [6, 6.07) is 23.8. The molecule has 3 aromatic carbocycles. The van der Waals surface area contributed by atoms with E-state index in [1.165, 1.54) is 16.9 Å². The average Bonchev–Trinajstić information content (AvgIpc) is 3.15. The van der Waals surface area contributed by atoms with E-state index in [1.54, 1.807) is 54.6 Å². The molecule has 8 heteroatoms. The Hall–Kier alpha value is -4.33.